The third-order valence-corrected chi connectivity index (χ3v) is 3.08. The molecule has 0 saturated heterocycles. The lowest BCUT2D eigenvalue weighted by molar-refractivity contribution is -0.129. The van der Waals surface area contributed by atoms with Crippen LogP contribution in [0, 0.1) is 6.92 Å². The molecular formula is C14H28NO3. The molecule has 0 aromatic rings. The van der Waals surface area contributed by atoms with Crippen LogP contribution in [0.15, 0.2) is 0 Å². The van der Waals surface area contributed by atoms with Gasteiger partial charge in [0.1, 0.15) is 0 Å². The van der Waals surface area contributed by atoms with Crippen LogP contribution in [0.5, 0.6) is 0 Å². The Labute approximate surface area is 111 Å². The number of unbranched alkanes of at least 4 members (excludes halogenated alkanes) is 4. The summed E-state index contributed by atoms with van der Waals surface area (Å²) >= 11 is 0. The first-order valence-corrected chi connectivity index (χ1v) is 6.95. The minimum Gasteiger partial charge on any atom is -0.395 e. The Balaban J connectivity index is 3.60. The van der Waals surface area contributed by atoms with Crippen LogP contribution >= 0.6 is 0 Å². The highest BCUT2D eigenvalue weighted by atomic mass is 16.3. The van der Waals surface area contributed by atoms with E-state index in [4.69, 9.17) is 5.11 Å². The third kappa shape index (κ3) is 9.42. The number of amides is 1. The average molecular weight is 258 g/mol. The van der Waals surface area contributed by atoms with Gasteiger partial charge in [-0.2, -0.15) is 0 Å². The molecule has 0 aliphatic rings. The molecule has 0 heterocycles. The second kappa shape index (κ2) is 11.5. The molecule has 2 N–H and O–H groups in total. The van der Waals surface area contributed by atoms with Crippen molar-refractivity contribution < 1.29 is 15.0 Å². The lowest BCUT2D eigenvalue weighted by Crippen LogP contribution is -2.34. The van der Waals surface area contributed by atoms with E-state index in [-0.39, 0.29) is 18.6 Å². The van der Waals surface area contributed by atoms with E-state index < -0.39 is 0 Å². The predicted octanol–water partition coefficient (Wildman–Crippen LogP) is 1.75. The van der Waals surface area contributed by atoms with Crippen LogP contribution < -0.4 is 0 Å². The van der Waals surface area contributed by atoms with Gasteiger partial charge < -0.3 is 15.1 Å². The van der Waals surface area contributed by atoms with Crippen LogP contribution in [-0.4, -0.2) is 46.8 Å². The van der Waals surface area contributed by atoms with Crippen molar-refractivity contribution in [2.45, 2.75) is 58.0 Å². The maximum absolute atomic E-state index is 11.2. The first-order valence-electron chi connectivity index (χ1n) is 6.95. The summed E-state index contributed by atoms with van der Waals surface area (Å²) < 4.78 is 0. The topological polar surface area (TPSA) is 60.8 Å². The lowest BCUT2D eigenvalue weighted by atomic mass is 10.1. The van der Waals surface area contributed by atoms with Gasteiger partial charge in [0.15, 0.2) is 0 Å². The fourth-order valence-corrected chi connectivity index (χ4v) is 1.91. The first-order chi connectivity index (χ1) is 8.61. The molecule has 18 heavy (non-hydrogen) atoms. The first kappa shape index (κ1) is 17.4. The molecule has 1 radical (unpaired) electrons. The number of carbonyl (C=O) groups excluding carboxylic acids is 1. The predicted molar refractivity (Wildman–Crippen MR) is 73.0 cm³/mol. The summed E-state index contributed by atoms with van der Waals surface area (Å²) in [6.45, 7) is 6.13. The number of hydrogen-bond acceptors (Lipinski definition) is 3. The monoisotopic (exact) mass is 258 g/mol. The molecule has 0 bridgehead atoms. The van der Waals surface area contributed by atoms with Crippen molar-refractivity contribution in [1.29, 1.82) is 0 Å². The van der Waals surface area contributed by atoms with Crippen molar-refractivity contribution in [2.75, 3.05) is 19.7 Å². The molecule has 4 heteroatoms. The zero-order valence-corrected chi connectivity index (χ0v) is 11.6. The standard InChI is InChI=1S/C14H28NO3/c1-3-4-5-6-7-8-14(18)9-10-15(11-12-16)13(2)17/h14,16,18H,1,3-12H2,2H3. The largest absolute Gasteiger partial charge is 0.395 e. The Morgan fingerprint density at radius 3 is 2.39 bits per heavy atom. The van der Waals surface area contributed by atoms with Crippen molar-refractivity contribution in [2.24, 2.45) is 0 Å². The molecule has 0 fully saturated rings. The molecule has 4 nitrogen and oxygen atoms in total. The zero-order chi connectivity index (χ0) is 13.8. The van der Waals surface area contributed by atoms with Gasteiger partial charge in [-0.1, -0.05) is 39.0 Å². The second-order valence-corrected chi connectivity index (χ2v) is 4.73. The molecule has 1 atom stereocenters. The number of aliphatic hydroxyl groups is 2. The van der Waals surface area contributed by atoms with E-state index >= 15 is 0 Å². The molecule has 107 valence electrons. The van der Waals surface area contributed by atoms with E-state index in [0.29, 0.717) is 19.5 Å². The van der Waals surface area contributed by atoms with Crippen LogP contribution in [0.3, 0.4) is 0 Å². The highest BCUT2D eigenvalue weighted by Crippen LogP contribution is 2.09. The quantitative estimate of drug-likeness (QED) is 0.555. The molecule has 1 amide bonds. The second-order valence-electron chi connectivity index (χ2n) is 4.73. The molecule has 0 aliphatic carbocycles. The smallest absolute Gasteiger partial charge is 0.219 e. The van der Waals surface area contributed by atoms with Crippen LogP contribution in [0.2, 0.25) is 0 Å². The fourth-order valence-electron chi connectivity index (χ4n) is 1.91. The molecule has 0 aromatic heterocycles. The van der Waals surface area contributed by atoms with E-state index in [2.05, 4.69) is 6.92 Å². The average Bonchev–Trinajstić information content (AvgIpc) is 2.33. The van der Waals surface area contributed by atoms with Gasteiger partial charge >= 0.3 is 0 Å². The summed E-state index contributed by atoms with van der Waals surface area (Å²) in [6, 6.07) is 0. The number of nitrogens with zero attached hydrogens (tertiary/aromatic N) is 1. The molecule has 1 unspecified atom stereocenters. The molecule has 0 spiro atoms. The summed E-state index contributed by atoms with van der Waals surface area (Å²) in [7, 11) is 0. The SMILES string of the molecule is [CH2]CCCCCCC(O)CCN(CCO)C(C)=O. The van der Waals surface area contributed by atoms with Crippen LogP contribution in [0.1, 0.15) is 51.9 Å². The highest BCUT2D eigenvalue weighted by Gasteiger charge is 2.10. The lowest BCUT2D eigenvalue weighted by Gasteiger charge is -2.21. The Bertz CT molecular complexity index is 209. The zero-order valence-electron chi connectivity index (χ0n) is 11.6. The van der Waals surface area contributed by atoms with Crippen molar-refractivity contribution in [3.8, 4) is 0 Å². The normalized spacial score (nSPS) is 12.4. The Kier molecular flexibility index (Phi) is 11.1. The van der Waals surface area contributed by atoms with E-state index in [9.17, 15) is 9.90 Å². The van der Waals surface area contributed by atoms with E-state index in [1.165, 1.54) is 13.3 Å². The molecule has 0 aliphatic heterocycles. The molecular weight excluding hydrogens is 230 g/mol. The number of aliphatic hydroxyl groups excluding tert-OH is 2. The number of hydrogen-bond donors (Lipinski definition) is 2. The summed E-state index contributed by atoms with van der Waals surface area (Å²) in [5.41, 5.74) is 0. The fraction of sp³-hybridized carbons (Fsp3) is 0.857. The van der Waals surface area contributed by atoms with Gasteiger partial charge in [0.25, 0.3) is 0 Å². The summed E-state index contributed by atoms with van der Waals surface area (Å²) in [5.74, 6) is -0.0494. The van der Waals surface area contributed by atoms with E-state index in [1.807, 2.05) is 0 Å². The van der Waals surface area contributed by atoms with E-state index in [0.717, 1.165) is 32.1 Å². The minimum absolute atomic E-state index is 0.0271. The van der Waals surface area contributed by atoms with Crippen LogP contribution in [0.25, 0.3) is 0 Å². The number of rotatable bonds is 11. The van der Waals surface area contributed by atoms with Gasteiger partial charge in [-0.3, -0.25) is 4.79 Å². The number of carbonyl (C=O) groups is 1. The van der Waals surface area contributed by atoms with Gasteiger partial charge in [0.2, 0.25) is 5.91 Å². The van der Waals surface area contributed by atoms with E-state index in [1.54, 1.807) is 4.90 Å². The van der Waals surface area contributed by atoms with Gasteiger partial charge in [-0.25, -0.2) is 0 Å². The molecule has 0 rings (SSSR count). The van der Waals surface area contributed by atoms with Crippen molar-refractivity contribution in [3.05, 3.63) is 6.92 Å². The highest BCUT2D eigenvalue weighted by molar-refractivity contribution is 5.73. The van der Waals surface area contributed by atoms with Crippen molar-refractivity contribution in [3.63, 3.8) is 0 Å². The Morgan fingerprint density at radius 1 is 1.17 bits per heavy atom. The van der Waals surface area contributed by atoms with Crippen molar-refractivity contribution in [1.82, 2.24) is 4.90 Å². The van der Waals surface area contributed by atoms with Crippen LogP contribution in [-0.2, 0) is 4.79 Å². The maximum atomic E-state index is 11.2. The maximum Gasteiger partial charge on any atom is 0.219 e. The van der Waals surface area contributed by atoms with Gasteiger partial charge in [0, 0.05) is 20.0 Å². The summed E-state index contributed by atoms with van der Waals surface area (Å²) in [4.78, 5) is 12.8. The Hall–Kier alpha value is -0.610. The summed E-state index contributed by atoms with van der Waals surface area (Å²) in [5, 5.41) is 18.6. The van der Waals surface area contributed by atoms with Crippen molar-refractivity contribution >= 4 is 5.91 Å². The van der Waals surface area contributed by atoms with Crippen LogP contribution in [0.4, 0.5) is 0 Å². The third-order valence-electron chi connectivity index (χ3n) is 3.08. The van der Waals surface area contributed by atoms with Gasteiger partial charge in [0.05, 0.1) is 12.7 Å². The molecule has 0 saturated carbocycles. The van der Waals surface area contributed by atoms with Gasteiger partial charge in [-0.15, -0.1) is 0 Å². The summed E-state index contributed by atoms with van der Waals surface area (Å²) in [6.07, 6.45) is 6.53. The minimum atomic E-state index is -0.342. The molecule has 0 aromatic carbocycles. The van der Waals surface area contributed by atoms with Gasteiger partial charge in [-0.05, 0) is 12.8 Å². The Morgan fingerprint density at radius 2 is 1.83 bits per heavy atom.